The Balaban J connectivity index is 2.89. The lowest BCUT2D eigenvalue weighted by molar-refractivity contribution is -0.174. The van der Waals surface area contributed by atoms with Crippen LogP contribution >= 0.6 is 0 Å². The normalized spacial score (nSPS) is 34.5. The molecular weight excluding hydrogens is 200 g/mol. The minimum Gasteiger partial charge on any atom is -0.455 e. The van der Waals surface area contributed by atoms with Crippen LogP contribution in [0.4, 0.5) is 0 Å². The highest BCUT2D eigenvalue weighted by Gasteiger charge is 2.45. The average Bonchev–Trinajstić information content (AvgIpc) is 2.23. The van der Waals surface area contributed by atoms with Gasteiger partial charge in [0.15, 0.2) is 0 Å². The quantitative estimate of drug-likeness (QED) is 0.539. The fraction of sp³-hybridized carbons (Fsp3) is 0.786. The van der Waals surface area contributed by atoms with Crippen LogP contribution < -0.4 is 0 Å². The summed E-state index contributed by atoms with van der Waals surface area (Å²) in [5, 5.41) is 0. The zero-order valence-electron chi connectivity index (χ0n) is 11.0. The summed E-state index contributed by atoms with van der Waals surface area (Å²) >= 11 is 0. The number of hydrogen-bond donors (Lipinski definition) is 0. The molecule has 0 amide bonds. The molecule has 0 bridgehead atoms. The van der Waals surface area contributed by atoms with Crippen LogP contribution in [0.3, 0.4) is 0 Å². The predicted molar refractivity (Wildman–Crippen MR) is 66.1 cm³/mol. The highest BCUT2D eigenvalue weighted by atomic mass is 16.6. The highest BCUT2D eigenvalue weighted by Crippen LogP contribution is 2.43. The van der Waals surface area contributed by atoms with Crippen molar-refractivity contribution in [2.45, 2.75) is 59.0 Å². The maximum atomic E-state index is 11.7. The van der Waals surface area contributed by atoms with Gasteiger partial charge in [0.2, 0.25) is 0 Å². The first-order valence-corrected chi connectivity index (χ1v) is 6.33. The van der Waals surface area contributed by atoms with Crippen LogP contribution in [-0.2, 0) is 9.53 Å². The fourth-order valence-electron chi connectivity index (χ4n) is 2.93. The molecule has 1 aliphatic carbocycles. The Hall–Kier alpha value is -0.790. The number of hydrogen-bond acceptors (Lipinski definition) is 2. The Morgan fingerprint density at radius 3 is 2.25 bits per heavy atom. The van der Waals surface area contributed by atoms with Crippen LogP contribution in [0.25, 0.3) is 0 Å². The largest absolute Gasteiger partial charge is 0.455 e. The number of esters is 1. The lowest BCUT2D eigenvalue weighted by atomic mass is 9.68. The van der Waals surface area contributed by atoms with Crippen molar-refractivity contribution < 1.29 is 9.53 Å². The third-order valence-electron chi connectivity index (χ3n) is 4.13. The molecule has 1 rings (SSSR count). The summed E-state index contributed by atoms with van der Waals surface area (Å²) in [6.07, 6.45) is 4.45. The van der Waals surface area contributed by atoms with Gasteiger partial charge in [-0.3, -0.25) is 0 Å². The van der Waals surface area contributed by atoms with Crippen LogP contribution in [0.2, 0.25) is 0 Å². The number of carbonyl (C=O) groups is 1. The summed E-state index contributed by atoms with van der Waals surface area (Å²) in [5.41, 5.74) is 0.228. The van der Waals surface area contributed by atoms with E-state index in [2.05, 4.69) is 27.4 Å². The Morgan fingerprint density at radius 2 is 1.88 bits per heavy atom. The average molecular weight is 224 g/mol. The summed E-state index contributed by atoms with van der Waals surface area (Å²) in [4.78, 5) is 11.7. The Bertz CT molecular complexity index is 270. The Morgan fingerprint density at radius 1 is 1.38 bits per heavy atom. The van der Waals surface area contributed by atoms with Gasteiger partial charge in [-0.25, -0.2) is 4.79 Å². The van der Waals surface area contributed by atoms with E-state index >= 15 is 0 Å². The van der Waals surface area contributed by atoms with Crippen molar-refractivity contribution in [2.24, 2.45) is 11.8 Å². The Labute approximate surface area is 99.1 Å². The minimum absolute atomic E-state index is 0.234. The van der Waals surface area contributed by atoms with Crippen LogP contribution in [0.5, 0.6) is 0 Å². The van der Waals surface area contributed by atoms with Gasteiger partial charge in [0.25, 0.3) is 0 Å². The van der Waals surface area contributed by atoms with E-state index in [0.717, 1.165) is 19.3 Å². The number of carbonyl (C=O) groups excluding carboxylic acids is 1. The van der Waals surface area contributed by atoms with Gasteiger partial charge < -0.3 is 4.74 Å². The van der Waals surface area contributed by atoms with Gasteiger partial charge >= 0.3 is 5.97 Å². The molecule has 16 heavy (non-hydrogen) atoms. The van der Waals surface area contributed by atoms with E-state index in [-0.39, 0.29) is 11.6 Å². The van der Waals surface area contributed by atoms with Crippen molar-refractivity contribution in [3.8, 4) is 0 Å². The highest BCUT2D eigenvalue weighted by molar-refractivity contribution is 5.87. The van der Waals surface area contributed by atoms with Gasteiger partial charge in [0.1, 0.15) is 5.60 Å². The van der Waals surface area contributed by atoms with Gasteiger partial charge in [0.05, 0.1) is 0 Å². The molecule has 0 aromatic heterocycles. The zero-order chi connectivity index (χ0) is 12.3. The lowest BCUT2D eigenvalue weighted by Gasteiger charge is -2.46. The first kappa shape index (κ1) is 13.3. The summed E-state index contributed by atoms with van der Waals surface area (Å²) in [6, 6.07) is 0. The topological polar surface area (TPSA) is 26.3 Å². The number of rotatable bonds is 3. The van der Waals surface area contributed by atoms with Crippen molar-refractivity contribution in [3.63, 3.8) is 0 Å². The number of ether oxygens (including phenoxy) is 1. The Kier molecular flexibility index (Phi) is 4.17. The molecule has 0 heterocycles. The van der Waals surface area contributed by atoms with E-state index in [0.29, 0.717) is 17.4 Å². The molecule has 0 saturated heterocycles. The monoisotopic (exact) mass is 224 g/mol. The van der Waals surface area contributed by atoms with E-state index in [1.54, 1.807) is 6.92 Å². The summed E-state index contributed by atoms with van der Waals surface area (Å²) in [5.74, 6) is 0.663. The molecule has 1 aliphatic rings. The summed E-state index contributed by atoms with van der Waals surface area (Å²) < 4.78 is 5.78. The van der Waals surface area contributed by atoms with E-state index in [9.17, 15) is 4.79 Å². The first-order valence-electron chi connectivity index (χ1n) is 6.33. The molecule has 0 radical (unpaired) electrons. The molecule has 2 nitrogen and oxygen atoms in total. The lowest BCUT2D eigenvalue weighted by Crippen LogP contribution is -2.49. The second kappa shape index (κ2) is 5.03. The van der Waals surface area contributed by atoms with Gasteiger partial charge in [-0.2, -0.15) is 0 Å². The molecule has 0 N–H and O–H groups in total. The summed E-state index contributed by atoms with van der Waals surface area (Å²) in [7, 11) is 0. The van der Waals surface area contributed by atoms with Crippen LogP contribution in [0.15, 0.2) is 12.2 Å². The molecule has 0 aliphatic heterocycles. The predicted octanol–water partition coefficient (Wildman–Crippen LogP) is 3.71. The molecular formula is C14H24O2. The van der Waals surface area contributed by atoms with Gasteiger partial charge in [-0.1, -0.05) is 33.8 Å². The minimum atomic E-state index is -0.270. The van der Waals surface area contributed by atoms with Gasteiger partial charge in [-0.15, -0.1) is 0 Å². The molecule has 0 spiro atoms. The van der Waals surface area contributed by atoms with Gasteiger partial charge in [0, 0.05) is 5.57 Å². The maximum absolute atomic E-state index is 11.7. The SMILES string of the molecule is C=C(C)C(=O)OC1(CC)C(C)CCCC1C. The van der Waals surface area contributed by atoms with Gasteiger partial charge in [-0.05, 0) is 38.0 Å². The smallest absolute Gasteiger partial charge is 0.333 e. The van der Waals surface area contributed by atoms with E-state index in [1.165, 1.54) is 6.42 Å². The van der Waals surface area contributed by atoms with Crippen LogP contribution in [0, 0.1) is 11.8 Å². The molecule has 0 aromatic rings. The molecule has 0 aromatic carbocycles. The van der Waals surface area contributed by atoms with Crippen molar-refractivity contribution in [1.82, 2.24) is 0 Å². The standard InChI is InChI=1S/C14H24O2/c1-6-14(16-13(15)10(2)3)11(4)8-7-9-12(14)5/h11-12H,2,6-9H2,1,3-5H3. The third-order valence-corrected chi connectivity index (χ3v) is 4.13. The third kappa shape index (κ3) is 2.31. The fourth-order valence-corrected chi connectivity index (χ4v) is 2.93. The van der Waals surface area contributed by atoms with E-state index in [1.807, 2.05) is 0 Å². The second-order valence-corrected chi connectivity index (χ2v) is 5.21. The van der Waals surface area contributed by atoms with E-state index < -0.39 is 0 Å². The van der Waals surface area contributed by atoms with Crippen molar-refractivity contribution in [3.05, 3.63) is 12.2 Å². The van der Waals surface area contributed by atoms with E-state index in [4.69, 9.17) is 4.74 Å². The molecule has 2 atom stereocenters. The molecule has 1 fully saturated rings. The van der Waals surface area contributed by atoms with Crippen LogP contribution in [-0.4, -0.2) is 11.6 Å². The van der Waals surface area contributed by atoms with Crippen molar-refractivity contribution in [1.29, 1.82) is 0 Å². The second-order valence-electron chi connectivity index (χ2n) is 5.21. The summed E-state index contributed by atoms with van der Waals surface area (Å²) in [6.45, 7) is 11.9. The maximum Gasteiger partial charge on any atom is 0.333 e. The molecule has 1 saturated carbocycles. The molecule has 2 heteroatoms. The van der Waals surface area contributed by atoms with Crippen molar-refractivity contribution in [2.75, 3.05) is 0 Å². The van der Waals surface area contributed by atoms with Crippen LogP contribution in [0.1, 0.15) is 53.4 Å². The first-order chi connectivity index (χ1) is 7.44. The molecule has 2 unspecified atom stereocenters. The van der Waals surface area contributed by atoms with Crippen molar-refractivity contribution >= 4 is 5.97 Å². The molecule has 92 valence electrons. The zero-order valence-corrected chi connectivity index (χ0v) is 11.0.